The van der Waals surface area contributed by atoms with Crippen LogP contribution in [0.25, 0.3) is 5.78 Å². The second-order valence-electron chi connectivity index (χ2n) is 8.59. The maximum absolute atomic E-state index is 13.3. The lowest BCUT2D eigenvalue weighted by Crippen LogP contribution is -2.46. The smallest absolute Gasteiger partial charge is 0.272 e. The molecule has 4 heterocycles. The average molecular weight is 353 g/mol. The highest BCUT2D eigenvalue weighted by Crippen LogP contribution is 2.41. The maximum Gasteiger partial charge on any atom is 0.272 e. The van der Waals surface area contributed by atoms with Gasteiger partial charge in [0.2, 0.25) is 5.78 Å². The maximum atomic E-state index is 13.3. The Labute approximate surface area is 154 Å². The van der Waals surface area contributed by atoms with E-state index in [1.807, 2.05) is 23.6 Å². The fraction of sp³-hybridized carbons (Fsp3) is 0.650. The average Bonchev–Trinajstić information content (AvgIpc) is 3.25. The second kappa shape index (κ2) is 6.05. The van der Waals surface area contributed by atoms with Crippen LogP contribution in [-0.2, 0) is 0 Å². The first-order valence-electron chi connectivity index (χ1n) is 9.95. The molecule has 3 aliphatic rings. The van der Waals surface area contributed by atoms with Crippen molar-refractivity contribution in [2.24, 2.45) is 11.3 Å². The molecule has 1 atom stereocenters. The van der Waals surface area contributed by atoms with Gasteiger partial charge in [0.05, 0.1) is 5.69 Å². The molecule has 1 aliphatic carbocycles. The van der Waals surface area contributed by atoms with Gasteiger partial charge in [0.25, 0.3) is 5.91 Å². The van der Waals surface area contributed by atoms with Gasteiger partial charge in [0, 0.05) is 44.0 Å². The minimum absolute atomic E-state index is 0.110. The molecule has 2 aliphatic heterocycles. The summed E-state index contributed by atoms with van der Waals surface area (Å²) in [4.78, 5) is 26.7. The zero-order chi connectivity index (χ0) is 17.7. The molecule has 5 rings (SSSR count). The van der Waals surface area contributed by atoms with Crippen LogP contribution in [0, 0.1) is 18.3 Å². The van der Waals surface area contributed by atoms with Crippen LogP contribution in [-0.4, -0.2) is 62.8 Å². The Balaban J connectivity index is 1.35. The number of aromatic nitrogens is 3. The lowest BCUT2D eigenvalue weighted by atomic mass is 9.79. The van der Waals surface area contributed by atoms with E-state index in [0.717, 1.165) is 31.1 Å². The molecule has 1 saturated carbocycles. The number of piperidine rings is 1. The van der Waals surface area contributed by atoms with Gasteiger partial charge in [-0.3, -0.25) is 9.20 Å². The van der Waals surface area contributed by atoms with Gasteiger partial charge in [-0.1, -0.05) is 0 Å². The first-order chi connectivity index (χ1) is 12.6. The summed E-state index contributed by atoms with van der Waals surface area (Å²) in [7, 11) is 0. The van der Waals surface area contributed by atoms with Crippen molar-refractivity contribution in [3.05, 3.63) is 29.8 Å². The number of hydrogen-bond donors (Lipinski definition) is 0. The second-order valence-corrected chi connectivity index (χ2v) is 8.59. The molecule has 1 amide bonds. The van der Waals surface area contributed by atoms with E-state index >= 15 is 0 Å². The highest BCUT2D eigenvalue weighted by atomic mass is 16.2. The van der Waals surface area contributed by atoms with Gasteiger partial charge in [-0.05, 0) is 57.6 Å². The number of nitrogens with zero attached hydrogens (tertiary/aromatic N) is 5. The molecule has 0 N–H and O–H groups in total. The molecule has 2 saturated heterocycles. The Hall–Kier alpha value is -1.95. The van der Waals surface area contributed by atoms with E-state index in [9.17, 15) is 4.79 Å². The van der Waals surface area contributed by atoms with Crippen LogP contribution in [0.4, 0.5) is 0 Å². The van der Waals surface area contributed by atoms with Crippen molar-refractivity contribution in [1.82, 2.24) is 24.2 Å². The summed E-state index contributed by atoms with van der Waals surface area (Å²) in [5.74, 6) is 1.66. The van der Waals surface area contributed by atoms with Crippen LogP contribution >= 0.6 is 0 Å². The van der Waals surface area contributed by atoms with Crippen molar-refractivity contribution in [3.8, 4) is 0 Å². The van der Waals surface area contributed by atoms with Crippen molar-refractivity contribution in [3.63, 3.8) is 0 Å². The predicted octanol–water partition coefficient (Wildman–Crippen LogP) is 2.38. The number of carbonyl (C=O) groups is 1. The lowest BCUT2D eigenvalue weighted by Gasteiger charge is -2.40. The summed E-state index contributed by atoms with van der Waals surface area (Å²) in [6.45, 7) is 7.34. The number of imidazole rings is 1. The monoisotopic (exact) mass is 353 g/mol. The van der Waals surface area contributed by atoms with Crippen LogP contribution in [0.5, 0.6) is 0 Å². The molecule has 2 aromatic heterocycles. The fourth-order valence-corrected chi connectivity index (χ4v) is 4.98. The van der Waals surface area contributed by atoms with Gasteiger partial charge < -0.3 is 9.80 Å². The van der Waals surface area contributed by atoms with Crippen LogP contribution in [0.1, 0.15) is 48.3 Å². The summed E-state index contributed by atoms with van der Waals surface area (Å²) in [5.41, 5.74) is 1.75. The summed E-state index contributed by atoms with van der Waals surface area (Å²) in [6.07, 6.45) is 10.1. The normalized spacial score (nSPS) is 26.9. The van der Waals surface area contributed by atoms with Gasteiger partial charge in [-0.25, -0.2) is 9.97 Å². The largest absolute Gasteiger partial charge is 0.337 e. The quantitative estimate of drug-likeness (QED) is 0.850. The Morgan fingerprint density at radius 3 is 3.00 bits per heavy atom. The molecule has 1 unspecified atom stereocenters. The number of carbonyl (C=O) groups excluding carboxylic acids is 1. The molecule has 3 fully saturated rings. The Kier molecular flexibility index (Phi) is 3.78. The van der Waals surface area contributed by atoms with E-state index in [-0.39, 0.29) is 5.91 Å². The topological polar surface area (TPSA) is 53.7 Å². The Morgan fingerprint density at radius 2 is 2.15 bits per heavy atom. The summed E-state index contributed by atoms with van der Waals surface area (Å²) < 4.78 is 1.84. The molecule has 2 aromatic rings. The molecule has 6 nitrogen and oxygen atoms in total. The molecule has 0 radical (unpaired) electrons. The van der Waals surface area contributed by atoms with E-state index in [1.165, 1.54) is 45.3 Å². The minimum atomic E-state index is 0.110. The highest BCUT2D eigenvalue weighted by Gasteiger charge is 2.44. The van der Waals surface area contributed by atoms with Crippen LogP contribution in [0.15, 0.2) is 18.5 Å². The molecule has 6 heteroatoms. The fourth-order valence-electron chi connectivity index (χ4n) is 4.98. The number of hydrogen-bond acceptors (Lipinski definition) is 4. The molecule has 0 bridgehead atoms. The third-order valence-corrected chi connectivity index (χ3v) is 6.46. The van der Waals surface area contributed by atoms with Gasteiger partial charge in [0.15, 0.2) is 0 Å². The number of fused-ring (bicyclic) bond motifs is 1. The van der Waals surface area contributed by atoms with Crippen LogP contribution < -0.4 is 0 Å². The predicted molar refractivity (Wildman–Crippen MR) is 99.1 cm³/mol. The van der Waals surface area contributed by atoms with Gasteiger partial charge >= 0.3 is 0 Å². The number of rotatable bonds is 3. The summed E-state index contributed by atoms with van der Waals surface area (Å²) >= 11 is 0. The number of aryl methyl sites for hydroxylation is 1. The van der Waals surface area contributed by atoms with Crippen molar-refractivity contribution in [2.75, 3.05) is 32.7 Å². The van der Waals surface area contributed by atoms with E-state index in [2.05, 4.69) is 19.8 Å². The van der Waals surface area contributed by atoms with Gasteiger partial charge in [-0.15, -0.1) is 0 Å². The van der Waals surface area contributed by atoms with Crippen LogP contribution in [0.2, 0.25) is 0 Å². The molecular weight excluding hydrogens is 326 g/mol. The third kappa shape index (κ3) is 2.80. The van der Waals surface area contributed by atoms with Crippen molar-refractivity contribution in [1.29, 1.82) is 0 Å². The standard InChI is InChI=1S/C20H27N5O/c1-15-17(25-10-3-8-21-19(25)22-15)18(26)24-11-7-20(14-24)6-2-9-23(13-20)12-16-4-5-16/h3,8,10,16H,2,4-7,9,11-14H2,1H3. The van der Waals surface area contributed by atoms with E-state index in [4.69, 9.17) is 0 Å². The molecular formula is C20H27N5O. The first-order valence-corrected chi connectivity index (χ1v) is 9.95. The van der Waals surface area contributed by atoms with Gasteiger partial charge in [-0.2, -0.15) is 0 Å². The zero-order valence-corrected chi connectivity index (χ0v) is 15.5. The molecule has 138 valence electrons. The van der Waals surface area contributed by atoms with Crippen molar-refractivity contribution in [2.45, 2.75) is 39.0 Å². The minimum Gasteiger partial charge on any atom is -0.337 e. The molecule has 1 spiro atoms. The molecule has 26 heavy (non-hydrogen) atoms. The Morgan fingerprint density at radius 1 is 1.27 bits per heavy atom. The van der Waals surface area contributed by atoms with E-state index in [1.54, 1.807) is 6.20 Å². The van der Waals surface area contributed by atoms with Crippen LogP contribution in [0.3, 0.4) is 0 Å². The lowest BCUT2D eigenvalue weighted by molar-refractivity contribution is 0.0675. The SMILES string of the molecule is Cc1nc2ncccn2c1C(=O)N1CCC2(CCCN(CC3CC3)C2)C1. The first kappa shape index (κ1) is 16.2. The third-order valence-electron chi connectivity index (χ3n) is 6.46. The Bertz CT molecular complexity index is 842. The van der Waals surface area contributed by atoms with E-state index < -0.39 is 0 Å². The summed E-state index contributed by atoms with van der Waals surface area (Å²) in [5, 5.41) is 0. The van der Waals surface area contributed by atoms with Gasteiger partial charge in [0.1, 0.15) is 5.69 Å². The van der Waals surface area contributed by atoms with E-state index in [0.29, 0.717) is 16.9 Å². The summed E-state index contributed by atoms with van der Waals surface area (Å²) in [6, 6.07) is 1.85. The number of likely N-dealkylation sites (tertiary alicyclic amines) is 2. The highest BCUT2D eigenvalue weighted by molar-refractivity contribution is 5.94. The van der Waals surface area contributed by atoms with Crippen molar-refractivity contribution < 1.29 is 4.79 Å². The van der Waals surface area contributed by atoms with Crippen molar-refractivity contribution >= 4 is 11.7 Å². The number of amides is 1. The molecule has 0 aromatic carbocycles. The zero-order valence-electron chi connectivity index (χ0n) is 15.5.